The van der Waals surface area contributed by atoms with Crippen LogP contribution in [0.15, 0.2) is 61.1 Å². The molecule has 25 heavy (non-hydrogen) atoms. The van der Waals surface area contributed by atoms with Gasteiger partial charge in [0, 0.05) is 23.0 Å². The third-order valence-corrected chi connectivity index (χ3v) is 4.06. The summed E-state index contributed by atoms with van der Waals surface area (Å²) in [6, 6.07) is 13.1. The lowest BCUT2D eigenvalue weighted by atomic mass is 9.89. The largest absolute Gasteiger partial charge is 0.289 e. The molecule has 2 N–H and O–H groups in total. The Labute approximate surface area is 144 Å². The molecule has 0 aliphatic carbocycles. The zero-order valence-corrected chi connectivity index (χ0v) is 13.5. The number of nitrogens with zero attached hydrogens (tertiary/aromatic N) is 2. The SMILES string of the molecule is Cc1ncncc1-c1ccc(C(C(=O)NO)c2ccccc2F)cc1. The molecule has 6 heteroatoms. The van der Waals surface area contributed by atoms with Gasteiger partial charge in [0.2, 0.25) is 0 Å². The fourth-order valence-corrected chi connectivity index (χ4v) is 2.78. The molecule has 0 aliphatic rings. The Balaban J connectivity index is 2.02. The highest BCUT2D eigenvalue weighted by Gasteiger charge is 2.25. The minimum absolute atomic E-state index is 0.195. The van der Waals surface area contributed by atoms with Crippen molar-refractivity contribution < 1.29 is 14.4 Å². The number of amides is 1. The lowest BCUT2D eigenvalue weighted by Crippen LogP contribution is -2.27. The number of aromatic nitrogens is 2. The van der Waals surface area contributed by atoms with Crippen molar-refractivity contribution in [1.29, 1.82) is 0 Å². The van der Waals surface area contributed by atoms with E-state index in [0.717, 1.165) is 16.8 Å². The van der Waals surface area contributed by atoms with Crippen molar-refractivity contribution in [2.45, 2.75) is 12.8 Å². The summed E-state index contributed by atoms with van der Waals surface area (Å²) in [4.78, 5) is 20.3. The zero-order chi connectivity index (χ0) is 17.8. The summed E-state index contributed by atoms with van der Waals surface area (Å²) in [5.74, 6) is -2.15. The summed E-state index contributed by atoms with van der Waals surface area (Å²) in [5.41, 5.74) is 4.98. The van der Waals surface area contributed by atoms with Crippen LogP contribution >= 0.6 is 0 Å². The van der Waals surface area contributed by atoms with Crippen LogP contribution in [-0.4, -0.2) is 21.1 Å². The maximum absolute atomic E-state index is 14.1. The summed E-state index contributed by atoms with van der Waals surface area (Å²) >= 11 is 0. The van der Waals surface area contributed by atoms with Crippen molar-refractivity contribution in [3.63, 3.8) is 0 Å². The quantitative estimate of drug-likeness (QED) is 0.566. The molecule has 0 spiro atoms. The fraction of sp³-hybridized carbons (Fsp3) is 0.105. The van der Waals surface area contributed by atoms with Gasteiger partial charge < -0.3 is 0 Å². The van der Waals surface area contributed by atoms with Crippen molar-refractivity contribution in [2.75, 3.05) is 0 Å². The number of carbonyl (C=O) groups is 1. The molecule has 0 fully saturated rings. The average molecular weight is 337 g/mol. The monoisotopic (exact) mass is 337 g/mol. The standard InChI is InChI=1S/C19H16FN3O2/c1-12-16(10-21-11-22-12)13-6-8-14(9-7-13)18(19(24)23-25)15-4-2-3-5-17(15)20/h2-11,18,25H,1H3,(H,23,24). The van der Waals surface area contributed by atoms with Crippen molar-refractivity contribution >= 4 is 5.91 Å². The second kappa shape index (κ2) is 7.19. The van der Waals surface area contributed by atoms with Gasteiger partial charge in [-0.15, -0.1) is 0 Å². The Morgan fingerprint density at radius 1 is 1.16 bits per heavy atom. The molecule has 1 heterocycles. The van der Waals surface area contributed by atoms with Gasteiger partial charge in [0.05, 0.1) is 5.92 Å². The predicted molar refractivity (Wildman–Crippen MR) is 90.4 cm³/mol. The topological polar surface area (TPSA) is 75.1 Å². The Bertz CT molecular complexity index is 897. The van der Waals surface area contributed by atoms with E-state index >= 15 is 0 Å². The van der Waals surface area contributed by atoms with Gasteiger partial charge in [-0.05, 0) is 24.1 Å². The van der Waals surface area contributed by atoms with Crippen molar-refractivity contribution in [3.05, 3.63) is 83.7 Å². The molecule has 2 aromatic carbocycles. The van der Waals surface area contributed by atoms with Gasteiger partial charge in [-0.3, -0.25) is 10.0 Å². The summed E-state index contributed by atoms with van der Waals surface area (Å²) < 4.78 is 14.1. The highest BCUT2D eigenvalue weighted by molar-refractivity contribution is 5.86. The van der Waals surface area contributed by atoms with Crippen LogP contribution in [0.5, 0.6) is 0 Å². The van der Waals surface area contributed by atoms with E-state index in [1.807, 2.05) is 19.1 Å². The first-order valence-electron chi connectivity index (χ1n) is 7.67. The van der Waals surface area contributed by atoms with Gasteiger partial charge in [-0.1, -0.05) is 42.5 Å². The van der Waals surface area contributed by atoms with Crippen LogP contribution in [0.1, 0.15) is 22.7 Å². The normalized spacial score (nSPS) is 11.8. The summed E-state index contributed by atoms with van der Waals surface area (Å²) in [6.45, 7) is 1.88. The molecule has 1 atom stereocenters. The maximum atomic E-state index is 14.1. The number of nitrogens with one attached hydrogen (secondary N) is 1. The lowest BCUT2D eigenvalue weighted by molar-refractivity contribution is -0.129. The third kappa shape index (κ3) is 3.39. The van der Waals surface area contributed by atoms with E-state index in [4.69, 9.17) is 5.21 Å². The molecule has 5 nitrogen and oxygen atoms in total. The lowest BCUT2D eigenvalue weighted by Gasteiger charge is -2.17. The minimum Gasteiger partial charge on any atom is -0.289 e. The molecule has 0 radical (unpaired) electrons. The second-order valence-corrected chi connectivity index (χ2v) is 5.57. The van der Waals surface area contributed by atoms with Crippen LogP contribution in [0.25, 0.3) is 11.1 Å². The number of benzene rings is 2. The van der Waals surface area contributed by atoms with E-state index < -0.39 is 17.6 Å². The first-order valence-corrected chi connectivity index (χ1v) is 7.67. The van der Waals surface area contributed by atoms with Crippen LogP contribution < -0.4 is 5.48 Å². The number of hydrogen-bond acceptors (Lipinski definition) is 4. The first kappa shape index (κ1) is 16.7. The number of aryl methyl sites for hydroxylation is 1. The van der Waals surface area contributed by atoms with Gasteiger partial charge in [-0.2, -0.15) is 0 Å². The average Bonchev–Trinajstić information content (AvgIpc) is 2.64. The van der Waals surface area contributed by atoms with Crippen LogP contribution in [0.3, 0.4) is 0 Å². The van der Waals surface area contributed by atoms with Gasteiger partial charge in [0.1, 0.15) is 12.1 Å². The fourth-order valence-electron chi connectivity index (χ4n) is 2.78. The van der Waals surface area contributed by atoms with Crippen molar-refractivity contribution in [1.82, 2.24) is 15.4 Å². The van der Waals surface area contributed by atoms with Crippen LogP contribution in [-0.2, 0) is 4.79 Å². The molecule has 0 bridgehead atoms. The van der Waals surface area contributed by atoms with E-state index in [1.165, 1.54) is 18.5 Å². The highest BCUT2D eigenvalue weighted by Crippen LogP contribution is 2.29. The highest BCUT2D eigenvalue weighted by atomic mass is 19.1. The van der Waals surface area contributed by atoms with Gasteiger partial charge in [0.25, 0.3) is 5.91 Å². The van der Waals surface area contributed by atoms with Crippen LogP contribution in [0.2, 0.25) is 0 Å². The number of hydrogen-bond donors (Lipinski definition) is 2. The molecule has 1 aromatic heterocycles. The molecule has 0 aliphatic heterocycles. The summed E-state index contributed by atoms with van der Waals surface area (Å²) in [5, 5.41) is 9.05. The van der Waals surface area contributed by atoms with Crippen LogP contribution in [0, 0.1) is 12.7 Å². The van der Waals surface area contributed by atoms with Gasteiger partial charge in [-0.25, -0.2) is 19.8 Å². The van der Waals surface area contributed by atoms with Crippen molar-refractivity contribution in [2.24, 2.45) is 0 Å². The Morgan fingerprint density at radius 3 is 2.52 bits per heavy atom. The zero-order valence-electron chi connectivity index (χ0n) is 13.5. The second-order valence-electron chi connectivity index (χ2n) is 5.57. The minimum atomic E-state index is -0.951. The number of hydroxylamine groups is 1. The predicted octanol–water partition coefficient (Wildman–Crippen LogP) is 3.23. The Morgan fingerprint density at radius 2 is 1.88 bits per heavy atom. The number of rotatable bonds is 4. The molecule has 0 saturated heterocycles. The Hall–Kier alpha value is -3.12. The van der Waals surface area contributed by atoms with E-state index in [9.17, 15) is 9.18 Å². The molecular weight excluding hydrogens is 321 g/mol. The molecule has 0 saturated carbocycles. The molecule has 1 unspecified atom stereocenters. The first-order chi connectivity index (χ1) is 12.1. The van der Waals surface area contributed by atoms with E-state index in [-0.39, 0.29) is 5.56 Å². The third-order valence-electron chi connectivity index (χ3n) is 4.06. The molecule has 3 rings (SSSR count). The molecule has 126 valence electrons. The van der Waals surface area contributed by atoms with E-state index in [2.05, 4.69) is 9.97 Å². The number of halogens is 1. The Kier molecular flexibility index (Phi) is 4.81. The van der Waals surface area contributed by atoms with E-state index in [1.54, 1.807) is 35.9 Å². The smallest absolute Gasteiger partial charge is 0.255 e. The van der Waals surface area contributed by atoms with Crippen LogP contribution in [0.4, 0.5) is 4.39 Å². The van der Waals surface area contributed by atoms with Gasteiger partial charge in [0.15, 0.2) is 0 Å². The maximum Gasteiger partial charge on any atom is 0.255 e. The molecular formula is C19H16FN3O2. The van der Waals surface area contributed by atoms with E-state index in [0.29, 0.717) is 5.56 Å². The number of carbonyl (C=O) groups excluding carboxylic acids is 1. The summed E-state index contributed by atoms with van der Waals surface area (Å²) in [7, 11) is 0. The summed E-state index contributed by atoms with van der Waals surface area (Å²) in [6.07, 6.45) is 3.19. The van der Waals surface area contributed by atoms with Gasteiger partial charge >= 0.3 is 0 Å². The van der Waals surface area contributed by atoms with Crippen molar-refractivity contribution in [3.8, 4) is 11.1 Å². The molecule has 3 aromatic rings. The molecule has 1 amide bonds.